The Balaban J connectivity index is 2.03. The molecule has 2 heterocycles. The van der Waals surface area contributed by atoms with Gasteiger partial charge < -0.3 is 4.42 Å². The molecule has 0 bridgehead atoms. The van der Waals surface area contributed by atoms with Crippen LogP contribution >= 0.6 is 0 Å². The van der Waals surface area contributed by atoms with Gasteiger partial charge in [-0.3, -0.25) is 4.90 Å². The Kier molecular flexibility index (Phi) is 2.96. The van der Waals surface area contributed by atoms with E-state index in [0.717, 1.165) is 31.2 Å². The molecule has 1 aromatic heterocycles. The Morgan fingerprint density at radius 3 is 2.78 bits per heavy atom. The molecule has 1 aliphatic rings. The average molecular weight is 241 g/mol. The highest BCUT2D eigenvalue weighted by atomic mass is 16.3. The maximum atomic E-state index is 5.85. The molecule has 3 rings (SSSR count). The van der Waals surface area contributed by atoms with E-state index in [1.54, 1.807) is 0 Å². The lowest BCUT2D eigenvalue weighted by molar-refractivity contribution is 0.226. The van der Waals surface area contributed by atoms with Crippen molar-refractivity contribution in [2.24, 2.45) is 0 Å². The van der Waals surface area contributed by atoms with E-state index in [1.807, 2.05) is 6.92 Å². The second-order valence-electron chi connectivity index (χ2n) is 5.03. The summed E-state index contributed by atoms with van der Waals surface area (Å²) >= 11 is 0. The number of fused-ring (bicyclic) bond motifs is 1. The smallest absolute Gasteiger partial charge is 0.122 e. The highest BCUT2D eigenvalue weighted by molar-refractivity contribution is 5.37. The summed E-state index contributed by atoms with van der Waals surface area (Å²) in [5.41, 5.74) is 2.76. The fourth-order valence-corrected chi connectivity index (χ4v) is 2.84. The van der Waals surface area contributed by atoms with Crippen LogP contribution in [-0.2, 0) is 6.54 Å². The minimum atomic E-state index is 0.451. The number of aryl methyl sites for hydroxylation is 1. The molecule has 1 atom stereocenters. The molecule has 18 heavy (non-hydrogen) atoms. The van der Waals surface area contributed by atoms with Crippen molar-refractivity contribution < 1.29 is 4.42 Å². The van der Waals surface area contributed by atoms with Gasteiger partial charge in [0.05, 0.1) is 6.54 Å². The van der Waals surface area contributed by atoms with Gasteiger partial charge in [-0.2, -0.15) is 0 Å². The number of hydrogen-bond donors (Lipinski definition) is 0. The highest BCUT2D eigenvalue weighted by Gasteiger charge is 2.28. The van der Waals surface area contributed by atoms with Crippen molar-refractivity contribution in [1.82, 2.24) is 4.90 Å². The van der Waals surface area contributed by atoms with E-state index in [0.29, 0.717) is 5.92 Å². The van der Waals surface area contributed by atoms with Gasteiger partial charge in [-0.25, -0.2) is 0 Å². The van der Waals surface area contributed by atoms with Crippen molar-refractivity contribution in [3.8, 4) is 0 Å². The minimum absolute atomic E-state index is 0.451. The topological polar surface area (TPSA) is 16.4 Å². The summed E-state index contributed by atoms with van der Waals surface area (Å²) in [6, 6.07) is 13.0. The predicted molar refractivity (Wildman–Crippen MR) is 72.7 cm³/mol. The third-order valence-electron chi connectivity index (χ3n) is 3.80. The first-order valence-corrected chi connectivity index (χ1v) is 6.64. The predicted octanol–water partition coefficient (Wildman–Crippen LogP) is 3.56. The lowest BCUT2D eigenvalue weighted by Crippen LogP contribution is -2.33. The molecule has 0 aliphatic carbocycles. The Hall–Kier alpha value is -1.54. The van der Waals surface area contributed by atoms with E-state index in [9.17, 15) is 0 Å². The van der Waals surface area contributed by atoms with Crippen LogP contribution in [0, 0.1) is 6.92 Å². The number of benzene rings is 1. The lowest BCUT2D eigenvalue weighted by Gasteiger charge is -2.31. The van der Waals surface area contributed by atoms with Crippen LogP contribution in [0.15, 0.2) is 40.8 Å². The van der Waals surface area contributed by atoms with Gasteiger partial charge in [0.2, 0.25) is 0 Å². The summed E-state index contributed by atoms with van der Waals surface area (Å²) < 4.78 is 5.85. The van der Waals surface area contributed by atoms with Gasteiger partial charge in [0.1, 0.15) is 11.5 Å². The van der Waals surface area contributed by atoms with Crippen LogP contribution in [0.1, 0.15) is 35.5 Å². The molecule has 2 aromatic rings. The Morgan fingerprint density at radius 1 is 1.28 bits per heavy atom. The van der Waals surface area contributed by atoms with Crippen molar-refractivity contribution in [3.05, 3.63) is 59.0 Å². The van der Waals surface area contributed by atoms with Crippen molar-refractivity contribution in [1.29, 1.82) is 0 Å². The molecule has 0 saturated heterocycles. The third kappa shape index (κ3) is 1.97. The van der Waals surface area contributed by atoms with Crippen LogP contribution in [0.3, 0.4) is 0 Å². The summed E-state index contributed by atoms with van der Waals surface area (Å²) in [4.78, 5) is 2.45. The van der Waals surface area contributed by atoms with Gasteiger partial charge in [-0.1, -0.05) is 37.3 Å². The zero-order valence-electron chi connectivity index (χ0n) is 11.0. The van der Waals surface area contributed by atoms with E-state index in [4.69, 9.17) is 4.42 Å². The van der Waals surface area contributed by atoms with E-state index in [-0.39, 0.29) is 0 Å². The zero-order chi connectivity index (χ0) is 12.5. The molecule has 1 aromatic carbocycles. The fourth-order valence-electron chi connectivity index (χ4n) is 2.84. The number of rotatable bonds is 2. The van der Waals surface area contributed by atoms with Crippen LogP contribution in [0.4, 0.5) is 0 Å². The van der Waals surface area contributed by atoms with Crippen LogP contribution in [0.25, 0.3) is 0 Å². The minimum Gasteiger partial charge on any atom is -0.465 e. The first-order chi connectivity index (χ1) is 8.78. The third-order valence-corrected chi connectivity index (χ3v) is 3.80. The van der Waals surface area contributed by atoms with Crippen molar-refractivity contribution in [3.63, 3.8) is 0 Å². The van der Waals surface area contributed by atoms with Gasteiger partial charge in [-0.15, -0.1) is 0 Å². The highest BCUT2D eigenvalue weighted by Crippen LogP contribution is 2.35. The molecule has 0 saturated carbocycles. The summed E-state index contributed by atoms with van der Waals surface area (Å²) in [6.45, 7) is 7.36. The van der Waals surface area contributed by atoms with Gasteiger partial charge in [0, 0.05) is 18.0 Å². The molecule has 0 spiro atoms. The lowest BCUT2D eigenvalue weighted by atomic mass is 9.88. The fraction of sp³-hybridized carbons (Fsp3) is 0.375. The largest absolute Gasteiger partial charge is 0.465 e. The number of hydrogen-bond acceptors (Lipinski definition) is 2. The van der Waals surface area contributed by atoms with Gasteiger partial charge in [0.15, 0.2) is 0 Å². The first kappa shape index (κ1) is 11.5. The van der Waals surface area contributed by atoms with E-state index < -0.39 is 0 Å². The SMILES string of the molecule is CCN1Cc2oc(C)cc2C(c2ccccc2)C1. The zero-order valence-corrected chi connectivity index (χ0v) is 11.0. The standard InChI is InChI=1S/C16H19NO/c1-3-17-10-15(13-7-5-4-6-8-13)14-9-12(2)18-16(14)11-17/h4-9,15H,3,10-11H2,1-2H3. The molecule has 1 unspecified atom stereocenters. The second kappa shape index (κ2) is 4.62. The summed E-state index contributed by atoms with van der Waals surface area (Å²) in [7, 11) is 0. The van der Waals surface area contributed by atoms with Crippen LogP contribution in [0.5, 0.6) is 0 Å². The summed E-state index contributed by atoms with van der Waals surface area (Å²) in [5.74, 6) is 2.63. The average Bonchev–Trinajstić information content (AvgIpc) is 2.78. The molecule has 0 radical (unpaired) electrons. The van der Waals surface area contributed by atoms with E-state index in [1.165, 1.54) is 11.1 Å². The maximum absolute atomic E-state index is 5.85. The Bertz CT molecular complexity index is 529. The normalized spacial score (nSPS) is 19.8. The quantitative estimate of drug-likeness (QED) is 0.799. The van der Waals surface area contributed by atoms with Crippen LogP contribution in [-0.4, -0.2) is 18.0 Å². The number of nitrogens with zero attached hydrogens (tertiary/aromatic N) is 1. The maximum Gasteiger partial charge on any atom is 0.122 e. The second-order valence-corrected chi connectivity index (χ2v) is 5.03. The molecule has 1 aliphatic heterocycles. The molecular weight excluding hydrogens is 222 g/mol. The molecular formula is C16H19NO. The van der Waals surface area contributed by atoms with Crippen LogP contribution in [0.2, 0.25) is 0 Å². The molecule has 0 N–H and O–H groups in total. The van der Waals surface area contributed by atoms with Gasteiger partial charge >= 0.3 is 0 Å². The Morgan fingerprint density at radius 2 is 2.06 bits per heavy atom. The molecule has 2 heteroatoms. The van der Waals surface area contributed by atoms with Gasteiger partial charge in [-0.05, 0) is 25.1 Å². The molecule has 0 amide bonds. The number of likely N-dealkylation sites (N-methyl/N-ethyl adjacent to an activating group) is 1. The van der Waals surface area contributed by atoms with E-state index in [2.05, 4.69) is 48.2 Å². The van der Waals surface area contributed by atoms with Crippen LogP contribution < -0.4 is 0 Å². The summed E-state index contributed by atoms with van der Waals surface area (Å²) in [6.07, 6.45) is 0. The van der Waals surface area contributed by atoms with Gasteiger partial charge in [0.25, 0.3) is 0 Å². The van der Waals surface area contributed by atoms with E-state index >= 15 is 0 Å². The summed E-state index contributed by atoms with van der Waals surface area (Å²) in [5, 5.41) is 0. The molecule has 0 fully saturated rings. The van der Waals surface area contributed by atoms with Crippen molar-refractivity contribution in [2.45, 2.75) is 26.3 Å². The molecule has 2 nitrogen and oxygen atoms in total. The van der Waals surface area contributed by atoms with Crippen molar-refractivity contribution >= 4 is 0 Å². The molecule has 94 valence electrons. The Labute approximate surface area is 108 Å². The monoisotopic (exact) mass is 241 g/mol. The van der Waals surface area contributed by atoms with Crippen molar-refractivity contribution in [2.75, 3.05) is 13.1 Å². The first-order valence-electron chi connectivity index (χ1n) is 6.64. The number of furan rings is 1.